The van der Waals surface area contributed by atoms with Crippen LogP contribution in [0.15, 0.2) is 18.2 Å². The van der Waals surface area contributed by atoms with Gasteiger partial charge in [-0.1, -0.05) is 25.5 Å². The van der Waals surface area contributed by atoms with Crippen LogP contribution < -0.4 is 5.32 Å². The van der Waals surface area contributed by atoms with Crippen LogP contribution in [0.5, 0.6) is 0 Å². The molecule has 6 nitrogen and oxygen atoms in total. The maximum absolute atomic E-state index is 12.6. The van der Waals surface area contributed by atoms with Gasteiger partial charge in [-0.25, -0.2) is 0 Å². The van der Waals surface area contributed by atoms with Gasteiger partial charge in [0.25, 0.3) is 5.91 Å². The summed E-state index contributed by atoms with van der Waals surface area (Å²) in [5.74, 6) is -0.595. The van der Waals surface area contributed by atoms with Crippen molar-refractivity contribution in [3.8, 4) is 0 Å². The van der Waals surface area contributed by atoms with Gasteiger partial charge >= 0.3 is 0 Å². The van der Waals surface area contributed by atoms with Gasteiger partial charge in [0.2, 0.25) is 12.3 Å². The predicted molar refractivity (Wildman–Crippen MR) is 89.2 cm³/mol. The Hall–Kier alpha value is -2.21. The van der Waals surface area contributed by atoms with Crippen LogP contribution in [-0.2, 0) is 22.6 Å². The van der Waals surface area contributed by atoms with E-state index in [2.05, 4.69) is 5.32 Å². The molecule has 1 aromatic carbocycles. The van der Waals surface area contributed by atoms with Gasteiger partial charge in [0, 0.05) is 18.7 Å². The van der Waals surface area contributed by atoms with Crippen molar-refractivity contribution in [2.75, 3.05) is 6.61 Å². The standard InChI is InChI=1S/C18H24N2O4/c1-2-5-16(17(23)19-12-22)20-11-14-10-13(6-3-4-9-21)7-8-15(14)18(20)24/h7-8,10,12,16,21H,2-6,9,11H2,1H3,(H,19,22,23). The van der Waals surface area contributed by atoms with E-state index in [1.165, 1.54) is 0 Å². The molecule has 0 radical (unpaired) electrons. The van der Waals surface area contributed by atoms with E-state index in [1.54, 1.807) is 4.90 Å². The number of fused-ring (bicyclic) bond motifs is 1. The van der Waals surface area contributed by atoms with Gasteiger partial charge in [-0.15, -0.1) is 0 Å². The van der Waals surface area contributed by atoms with Crippen LogP contribution in [0.3, 0.4) is 0 Å². The fourth-order valence-corrected chi connectivity index (χ4v) is 3.10. The molecule has 130 valence electrons. The molecular formula is C18H24N2O4. The summed E-state index contributed by atoms with van der Waals surface area (Å²) in [4.78, 5) is 36.8. The number of hydrogen-bond acceptors (Lipinski definition) is 4. The second kappa shape index (κ2) is 8.59. The number of imide groups is 1. The number of rotatable bonds is 9. The highest BCUT2D eigenvalue weighted by molar-refractivity contribution is 6.02. The maximum atomic E-state index is 12.6. The van der Waals surface area contributed by atoms with Crippen LogP contribution in [0, 0.1) is 0 Å². The number of carbonyl (C=O) groups excluding carboxylic acids is 3. The second-order valence-corrected chi connectivity index (χ2v) is 6.04. The highest BCUT2D eigenvalue weighted by Crippen LogP contribution is 2.27. The number of amides is 3. The van der Waals surface area contributed by atoms with Gasteiger partial charge in [-0.05, 0) is 42.9 Å². The Balaban J connectivity index is 2.15. The summed E-state index contributed by atoms with van der Waals surface area (Å²) in [5.41, 5.74) is 2.67. The monoisotopic (exact) mass is 332 g/mol. The van der Waals surface area contributed by atoms with Crippen molar-refractivity contribution < 1.29 is 19.5 Å². The largest absolute Gasteiger partial charge is 0.396 e. The van der Waals surface area contributed by atoms with Gasteiger partial charge in [-0.3, -0.25) is 19.7 Å². The van der Waals surface area contributed by atoms with E-state index in [4.69, 9.17) is 5.11 Å². The average molecular weight is 332 g/mol. The van der Waals surface area contributed by atoms with Gasteiger partial charge in [0.15, 0.2) is 0 Å². The maximum Gasteiger partial charge on any atom is 0.255 e. The lowest BCUT2D eigenvalue weighted by molar-refractivity contribution is -0.129. The number of aliphatic hydroxyl groups is 1. The minimum Gasteiger partial charge on any atom is -0.396 e. The highest BCUT2D eigenvalue weighted by Gasteiger charge is 2.35. The first-order valence-electron chi connectivity index (χ1n) is 8.40. The van der Waals surface area contributed by atoms with Crippen LogP contribution in [0.25, 0.3) is 0 Å². The first kappa shape index (κ1) is 18.1. The summed E-state index contributed by atoms with van der Waals surface area (Å²) in [7, 11) is 0. The topological polar surface area (TPSA) is 86.7 Å². The van der Waals surface area contributed by atoms with Crippen LogP contribution >= 0.6 is 0 Å². The number of hydrogen-bond donors (Lipinski definition) is 2. The number of carbonyl (C=O) groups is 3. The second-order valence-electron chi connectivity index (χ2n) is 6.04. The zero-order chi connectivity index (χ0) is 17.5. The molecular weight excluding hydrogens is 308 g/mol. The number of aliphatic hydroxyl groups excluding tert-OH is 1. The molecule has 1 unspecified atom stereocenters. The summed E-state index contributed by atoms with van der Waals surface area (Å²) >= 11 is 0. The van der Waals surface area contributed by atoms with Crippen molar-refractivity contribution in [2.45, 2.75) is 51.6 Å². The molecule has 0 saturated heterocycles. The molecule has 1 atom stereocenters. The SMILES string of the molecule is CCCC(C(=O)NC=O)N1Cc2cc(CCCCO)ccc2C1=O. The Morgan fingerprint density at radius 3 is 2.88 bits per heavy atom. The number of nitrogens with zero attached hydrogens (tertiary/aromatic N) is 1. The molecule has 6 heteroatoms. The molecule has 1 heterocycles. The predicted octanol–water partition coefficient (Wildman–Crippen LogP) is 1.40. The van der Waals surface area contributed by atoms with E-state index in [0.29, 0.717) is 24.9 Å². The fourth-order valence-electron chi connectivity index (χ4n) is 3.10. The molecule has 0 bridgehead atoms. The molecule has 1 aliphatic heterocycles. The van der Waals surface area contributed by atoms with Crippen LogP contribution in [0.2, 0.25) is 0 Å². The Morgan fingerprint density at radius 2 is 2.21 bits per heavy atom. The number of unbranched alkanes of at least 4 members (excludes halogenated alkanes) is 1. The number of benzene rings is 1. The highest BCUT2D eigenvalue weighted by atomic mass is 16.3. The molecule has 3 amide bonds. The van der Waals surface area contributed by atoms with Crippen molar-refractivity contribution in [1.29, 1.82) is 0 Å². The Kier molecular flexibility index (Phi) is 6.49. The van der Waals surface area contributed by atoms with E-state index in [1.807, 2.05) is 25.1 Å². The Bertz CT molecular complexity index is 615. The smallest absolute Gasteiger partial charge is 0.255 e. The van der Waals surface area contributed by atoms with E-state index in [9.17, 15) is 14.4 Å². The summed E-state index contributed by atoms with van der Waals surface area (Å²) < 4.78 is 0. The molecule has 0 aliphatic carbocycles. The zero-order valence-electron chi connectivity index (χ0n) is 14.0. The van der Waals surface area contributed by atoms with Crippen molar-refractivity contribution in [3.63, 3.8) is 0 Å². The molecule has 24 heavy (non-hydrogen) atoms. The summed E-state index contributed by atoms with van der Waals surface area (Å²) in [6.07, 6.45) is 4.12. The minimum absolute atomic E-state index is 0.161. The van der Waals surface area contributed by atoms with Crippen molar-refractivity contribution >= 4 is 18.2 Å². The first-order chi connectivity index (χ1) is 11.6. The first-order valence-corrected chi connectivity index (χ1v) is 8.40. The third kappa shape index (κ3) is 4.00. The molecule has 2 N–H and O–H groups in total. The average Bonchev–Trinajstić information content (AvgIpc) is 2.89. The van der Waals surface area contributed by atoms with Gasteiger partial charge in [0.1, 0.15) is 6.04 Å². The van der Waals surface area contributed by atoms with Crippen molar-refractivity contribution in [3.05, 3.63) is 34.9 Å². The van der Waals surface area contributed by atoms with Gasteiger partial charge in [0.05, 0.1) is 0 Å². The van der Waals surface area contributed by atoms with Crippen molar-refractivity contribution in [2.24, 2.45) is 0 Å². The van der Waals surface area contributed by atoms with E-state index in [-0.39, 0.29) is 12.5 Å². The van der Waals surface area contributed by atoms with Crippen LogP contribution in [0.1, 0.15) is 54.1 Å². The lowest BCUT2D eigenvalue weighted by Crippen LogP contribution is -2.46. The summed E-state index contributed by atoms with van der Waals surface area (Å²) in [6, 6.07) is 5.12. The zero-order valence-corrected chi connectivity index (χ0v) is 14.0. The van der Waals surface area contributed by atoms with Crippen LogP contribution in [0.4, 0.5) is 0 Å². The lowest BCUT2D eigenvalue weighted by Gasteiger charge is -2.25. The summed E-state index contributed by atoms with van der Waals surface area (Å²) in [6.45, 7) is 2.51. The van der Waals surface area contributed by atoms with E-state index < -0.39 is 11.9 Å². The molecule has 1 aliphatic rings. The third-order valence-electron chi connectivity index (χ3n) is 4.32. The van der Waals surface area contributed by atoms with E-state index in [0.717, 1.165) is 36.8 Å². The molecule has 0 fully saturated rings. The Labute approximate surface area is 141 Å². The van der Waals surface area contributed by atoms with Crippen molar-refractivity contribution in [1.82, 2.24) is 10.2 Å². The minimum atomic E-state index is -0.627. The third-order valence-corrected chi connectivity index (χ3v) is 4.32. The van der Waals surface area contributed by atoms with Gasteiger partial charge in [-0.2, -0.15) is 0 Å². The van der Waals surface area contributed by atoms with Gasteiger partial charge < -0.3 is 10.0 Å². The normalized spacial score (nSPS) is 14.4. The molecule has 0 spiro atoms. The number of nitrogens with one attached hydrogen (secondary N) is 1. The number of aryl methyl sites for hydroxylation is 1. The van der Waals surface area contributed by atoms with Crippen LogP contribution in [-0.4, -0.2) is 40.9 Å². The quantitative estimate of drug-likeness (QED) is 0.529. The summed E-state index contributed by atoms with van der Waals surface area (Å²) in [5, 5.41) is 11.0. The lowest BCUT2D eigenvalue weighted by atomic mass is 10.0. The fraction of sp³-hybridized carbons (Fsp3) is 0.500. The molecule has 0 saturated carbocycles. The van der Waals surface area contributed by atoms with E-state index >= 15 is 0 Å². The molecule has 0 aromatic heterocycles. The Morgan fingerprint density at radius 1 is 1.42 bits per heavy atom. The molecule has 1 aromatic rings. The molecule has 2 rings (SSSR count).